The maximum Gasteiger partial charge on any atom is 0.451 e. The molecule has 0 bridgehead atoms. The summed E-state index contributed by atoms with van der Waals surface area (Å²) in [5, 5.41) is 30.0. The van der Waals surface area contributed by atoms with Gasteiger partial charge in [-0.2, -0.15) is 0 Å². The van der Waals surface area contributed by atoms with Gasteiger partial charge in [-0.25, -0.2) is 8.78 Å². The topological polar surface area (TPSA) is 116 Å². The molecule has 0 aliphatic rings. The van der Waals surface area contributed by atoms with Gasteiger partial charge in [-0.15, -0.1) is 24.8 Å². The number of carbonyl (C=O) groups is 1. The SMILES string of the molecule is Cl.Cl.NC(CCCCB(O)O)(CCNCCCc1ccc(F)c(F)c1)C(=O)O. The fourth-order valence-electron chi connectivity index (χ4n) is 2.66. The average Bonchev–Trinajstić information content (AvgIpc) is 2.57. The van der Waals surface area contributed by atoms with Crippen molar-refractivity contribution >= 4 is 37.9 Å². The predicted molar refractivity (Wildman–Crippen MR) is 110 cm³/mol. The minimum absolute atomic E-state index is 0. The van der Waals surface area contributed by atoms with E-state index in [4.69, 9.17) is 15.8 Å². The third-order valence-electron chi connectivity index (χ3n) is 4.31. The van der Waals surface area contributed by atoms with Crippen molar-refractivity contribution in [2.75, 3.05) is 13.1 Å². The maximum absolute atomic E-state index is 13.1. The smallest absolute Gasteiger partial charge is 0.451 e. The number of hydrogen-bond acceptors (Lipinski definition) is 5. The van der Waals surface area contributed by atoms with Crippen molar-refractivity contribution in [3.8, 4) is 0 Å². The van der Waals surface area contributed by atoms with E-state index in [1.165, 1.54) is 12.1 Å². The highest BCUT2D eigenvalue weighted by Crippen LogP contribution is 2.17. The van der Waals surface area contributed by atoms with Crippen molar-refractivity contribution in [1.29, 1.82) is 0 Å². The van der Waals surface area contributed by atoms with Crippen molar-refractivity contribution < 1.29 is 28.7 Å². The van der Waals surface area contributed by atoms with Crippen LogP contribution in [-0.4, -0.2) is 46.9 Å². The summed E-state index contributed by atoms with van der Waals surface area (Å²) in [5.74, 6) is -2.81. The molecule has 162 valence electrons. The molecule has 1 aromatic carbocycles. The molecule has 0 aliphatic heterocycles. The summed E-state index contributed by atoms with van der Waals surface area (Å²) in [4.78, 5) is 11.4. The standard InChI is InChI=1S/C17H27BF2N2O4.2ClH/c19-14-6-5-13(12-15(14)20)4-3-10-22-11-8-17(21,16(23)24)7-1-2-9-18(25)26;;/h5-6,12,22,25-26H,1-4,7-11,21H2,(H,23,24);2*1H. The van der Waals surface area contributed by atoms with Crippen LogP contribution in [0, 0.1) is 11.6 Å². The second kappa shape index (κ2) is 15.0. The van der Waals surface area contributed by atoms with Gasteiger partial charge < -0.3 is 26.2 Å². The highest BCUT2D eigenvalue weighted by molar-refractivity contribution is 6.40. The lowest BCUT2D eigenvalue weighted by atomic mass is 9.81. The van der Waals surface area contributed by atoms with Crippen molar-refractivity contribution in [2.24, 2.45) is 5.73 Å². The second-order valence-corrected chi connectivity index (χ2v) is 6.54. The van der Waals surface area contributed by atoms with Crippen molar-refractivity contribution in [2.45, 2.75) is 50.4 Å². The zero-order chi connectivity index (χ0) is 19.6. The van der Waals surface area contributed by atoms with E-state index < -0.39 is 30.3 Å². The highest BCUT2D eigenvalue weighted by atomic mass is 35.5. The summed E-state index contributed by atoms with van der Waals surface area (Å²) in [6.07, 6.45) is 2.96. The number of halogens is 4. The summed E-state index contributed by atoms with van der Waals surface area (Å²) in [5.41, 5.74) is 5.30. The van der Waals surface area contributed by atoms with Crippen molar-refractivity contribution in [3.05, 3.63) is 35.4 Å². The minimum Gasteiger partial charge on any atom is -0.480 e. The normalized spacial score (nSPS) is 12.5. The van der Waals surface area contributed by atoms with Gasteiger partial charge in [0.1, 0.15) is 5.54 Å². The lowest BCUT2D eigenvalue weighted by Gasteiger charge is -2.25. The first-order valence-corrected chi connectivity index (χ1v) is 8.77. The lowest BCUT2D eigenvalue weighted by Crippen LogP contribution is -2.49. The van der Waals surface area contributed by atoms with Crippen LogP contribution in [0.5, 0.6) is 0 Å². The van der Waals surface area contributed by atoms with Crippen LogP contribution < -0.4 is 11.1 Å². The Kier molecular flexibility index (Phi) is 15.6. The van der Waals surface area contributed by atoms with Crippen LogP contribution in [0.25, 0.3) is 0 Å². The van der Waals surface area contributed by atoms with Gasteiger partial charge >= 0.3 is 13.1 Å². The maximum atomic E-state index is 13.1. The number of benzene rings is 1. The van der Waals surface area contributed by atoms with Crippen molar-refractivity contribution in [1.82, 2.24) is 5.32 Å². The third kappa shape index (κ3) is 11.1. The number of hydrogen-bond donors (Lipinski definition) is 5. The summed E-state index contributed by atoms with van der Waals surface area (Å²) in [6.45, 7) is 1.02. The van der Waals surface area contributed by atoms with Crippen LogP contribution in [0.3, 0.4) is 0 Å². The number of carboxylic acid groups (broad SMARTS) is 1. The van der Waals surface area contributed by atoms with E-state index in [-0.39, 0.29) is 44.0 Å². The van der Waals surface area contributed by atoms with E-state index in [9.17, 15) is 18.7 Å². The Morgan fingerprint density at radius 2 is 1.75 bits per heavy atom. The fourth-order valence-corrected chi connectivity index (χ4v) is 2.66. The third-order valence-corrected chi connectivity index (χ3v) is 4.31. The molecule has 0 aromatic heterocycles. The quantitative estimate of drug-likeness (QED) is 0.235. The molecule has 1 atom stereocenters. The monoisotopic (exact) mass is 444 g/mol. The van der Waals surface area contributed by atoms with Gasteiger partial charge in [-0.05, 0) is 62.8 Å². The van der Waals surface area contributed by atoms with E-state index in [2.05, 4.69) is 5.32 Å². The van der Waals surface area contributed by atoms with Crippen LogP contribution in [-0.2, 0) is 11.2 Å². The Hall–Kier alpha value is -0.965. The fraction of sp³-hybridized carbons (Fsp3) is 0.588. The van der Waals surface area contributed by atoms with E-state index in [1.54, 1.807) is 0 Å². The van der Waals surface area contributed by atoms with Gasteiger partial charge in [-0.3, -0.25) is 4.79 Å². The lowest BCUT2D eigenvalue weighted by molar-refractivity contribution is -0.143. The summed E-state index contributed by atoms with van der Waals surface area (Å²) >= 11 is 0. The van der Waals surface area contributed by atoms with E-state index in [0.717, 1.165) is 6.07 Å². The van der Waals surface area contributed by atoms with Gasteiger partial charge in [-0.1, -0.05) is 18.9 Å². The zero-order valence-electron chi connectivity index (χ0n) is 15.6. The Morgan fingerprint density at radius 3 is 2.32 bits per heavy atom. The number of aryl methyl sites for hydroxylation is 1. The predicted octanol–water partition coefficient (Wildman–Crippen LogP) is 2.15. The summed E-state index contributed by atoms with van der Waals surface area (Å²) in [7, 11) is -1.39. The molecule has 0 saturated carbocycles. The molecule has 0 amide bonds. The molecule has 0 saturated heterocycles. The van der Waals surface area contributed by atoms with E-state index >= 15 is 0 Å². The number of aliphatic carboxylic acids is 1. The summed E-state index contributed by atoms with van der Waals surface area (Å²) in [6, 6.07) is 3.81. The summed E-state index contributed by atoms with van der Waals surface area (Å²) < 4.78 is 25.9. The number of rotatable bonds is 13. The number of nitrogens with two attached hydrogens (primary N) is 1. The van der Waals surface area contributed by atoms with Crippen LogP contribution in [0.15, 0.2) is 18.2 Å². The van der Waals surface area contributed by atoms with Crippen LogP contribution in [0.4, 0.5) is 8.78 Å². The van der Waals surface area contributed by atoms with Gasteiger partial charge in [0.25, 0.3) is 0 Å². The van der Waals surface area contributed by atoms with Crippen LogP contribution in [0.1, 0.15) is 37.7 Å². The molecule has 0 aliphatic carbocycles. The Morgan fingerprint density at radius 1 is 1.07 bits per heavy atom. The molecular formula is C17H29BCl2F2N2O4. The molecule has 0 heterocycles. The first-order valence-electron chi connectivity index (χ1n) is 8.77. The van der Waals surface area contributed by atoms with Crippen LogP contribution in [0.2, 0.25) is 6.32 Å². The molecule has 0 radical (unpaired) electrons. The molecule has 1 aromatic rings. The molecule has 6 nitrogen and oxygen atoms in total. The highest BCUT2D eigenvalue weighted by Gasteiger charge is 2.32. The molecule has 28 heavy (non-hydrogen) atoms. The molecule has 11 heteroatoms. The van der Waals surface area contributed by atoms with Gasteiger partial charge in [0.15, 0.2) is 11.6 Å². The molecular weight excluding hydrogens is 416 g/mol. The Labute approximate surface area is 176 Å². The Balaban J connectivity index is 0. The molecule has 1 unspecified atom stereocenters. The van der Waals surface area contributed by atoms with Gasteiger partial charge in [0, 0.05) is 0 Å². The average molecular weight is 445 g/mol. The molecule has 0 spiro atoms. The first kappa shape index (κ1) is 29.2. The largest absolute Gasteiger partial charge is 0.480 e. The van der Waals surface area contributed by atoms with Gasteiger partial charge in [0.2, 0.25) is 0 Å². The zero-order valence-corrected chi connectivity index (χ0v) is 17.2. The molecule has 1 rings (SSSR count). The van der Waals surface area contributed by atoms with Crippen molar-refractivity contribution in [3.63, 3.8) is 0 Å². The number of unbranched alkanes of at least 4 members (excludes halogenated alkanes) is 1. The molecule has 0 fully saturated rings. The Bertz CT molecular complexity index is 588. The number of nitrogens with one attached hydrogen (secondary N) is 1. The second-order valence-electron chi connectivity index (χ2n) is 6.54. The first-order chi connectivity index (χ1) is 12.2. The van der Waals surface area contributed by atoms with Gasteiger partial charge in [0.05, 0.1) is 0 Å². The molecule has 6 N–H and O–H groups in total. The van der Waals surface area contributed by atoms with E-state index in [1.807, 2.05) is 0 Å². The van der Waals surface area contributed by atoms with Crippen LogP contribution >= 0.6 is 24.8 Å². The number of carboxylic acids is 1. The van der Waals surface area contributed by atoms with E-state index in [0.29, 0.717) is 44.3 Å². The minimum atomic E-state index is -1.39.